The molecule has 0 spiro atoms. The van der Waals surface area contributed by atoms with Gasteiger partial charge in [-0.3, -0.25) is 9.59 Å². The van der Waals surface area contributed by atoms with Crippen molar-refractivity contribution in [2.45, 2.75) is 70.6 Å². The zero-order chi connectivity index (χ0) is 21.5. The fourth-order valence-corrected chi connectivity index (χ4v) is 3.98. The third kappa shape index (κ3) is 5.43. The molecule has 2 amide bonds. The Morgan fingerprint density at radius 3 is 2.77 bits per heavy atom. The Bertz CT molecular complexity index is 789. The van der Waals surface area contributed by atoms with Gasteiger partial charge in [0.15, 0.2) is 12.1 Å². The number of likely N-dealkylation sites (N-methyl/N-ethyl adjacent to an activating group) is 1. The average Bonchev–Trinajstić information content (AvgIpc) is 2.75. The highest BCUT2D eigenvalue weighted by molar-refractivity contribution is 5.89. The number of ether oxygens (including phenoxy) is 1. The molecule has 1 saturated carbocycles. The Morgan fingerprint density at radius 1 is 1.30 bits per heavy atom. The molecule has 1 fully saturated rings. The van der Waals surface area contributed by atoms with Gasteiger partial charge < -0.3 is 26.0 Å². The number of benzene rings is 1. The Labute approximate surface area is 178 Å². The monoisotopic (exact) mass is 415 g/mol. The lowest BCUT2D eigenvalue weighted by Crippen LogP contribution is -2.45. The number of amides is 2. The smallest absolute Gasteiger partial charge is 0.261 e. The van der Waals surface area contributed by atoms with E-state index in [1.165, 1.54) is 6.42 Å². The van der Waals surface area contributed by atoms with Crippen LogP contribution in [-0.4, -0.2) is 48.4 Å². The van der Waals surface area contributed by atoms with Crippen LogP contribution in [0.1, 0.15) is 57.4 Å². The molecule has 164 valence electrons. The average molecular weight is 416 g/mol. The van der Waals surface area contributed by atoms with Crippen LogP contribution < -0.4 is 21.1 Å². The van der Waals surface area contributed by atoms with Gasteiger partial charge in [-0.2, -0.15) is 0 Å². The van der Waals surface area contributed by atoms with E-state index in [1.807, 2.05) is 25.1 Å². The number of nitrogens with two attached hydrogens (primary N) is 1. The maximum absolute atomic E-state index is 12.9. The fraction of sp³-hybridized carbons (Fsp3) is 0.591. The first-order valence-corrected chi connectivity index (χ1v) is 10.9. The van der Waals surface area contributed by atoms with Crippen LogP contribution in [0.15, 0.2) is 23.2 Å². The quantitative estimate of drug-likeness (QED) is 0.603. The molecule has 1 unspecified atom stereocenters. The van der Waals surface area contributed by atoms with E-state index in [4.69, 9.17) is 10.5 Å². The van der Waals surface area contributed by atoms with Crippen molar-refractivity contribution in [2.24, 2.45) is 10.7 Å². The molecule has 1 heterocycles. The van der Waals surface area contributed by atoms with Gasteiger partial charge in [0.2, 0.25) is 5.91 Å². The molecule has 1 atom stereocenters. The highest BCUT2D eigenvalue weighted by Gasteiger charge is 2.27. The van der Waals surface area contributed by atoms with E-state index in [0.717, 1.165) is 37.7 Å². The summed E-state index contributed by atoms with van der Waals surface area (Å²) in [5.74, 6) is 0.620. The summed E-state index contributed by atoms with van der Waals surface area (Å²) in [6, 6.07) is 5.88. The number of hydrogen-bond acceptors (Lipinski definition) is 6. The fourth-order valence-electron chi connectivity index (χ4n) is 3.98. The van der Waals surface area contributed by atoms with Crippen LogP contribution in [-0.2, 0) is 16.1 Å². The number of nitrogens with one attached hydrogen (secondary N) is 2. The number of nitrogens with zero attached hydrogens (tertiary/aromatic N) is 2. The van der Waals surface area contributed by atoms with Crippen molar-refractivity contribution >= 4 is 23.5 Å². The van der Waals surface area contributed by atoms with Crippen LogP contribution in [0.4, 0.5) is 5.69 Å². The Hall–Kier alpha value is -2.77. The highest BCUT2D eigenvalue weighted by atomic mass is 16.5. The second-order valence-corrected chi connectivity index (χ2v) is 8.00. The number of fused-ring (bicyclic) bond motifs is 1. The second kappa shape index (κ2) is 10.3. The van der Waals surface area contributed by atoms with Crippen molar-refractivity contribution in [3.05, 3.63) is 23.8 Å². The summed E-state index contributed by atoms with van der Waals surface area (Å²) in [5, 5.41) is 5.76. The minimum absolute atomic E-state index is 0.0599. The summed E-state index contributed by atoms with van der Waals surface area (Å²) in [7, 11) is 1.59. The Morgan fingerprint density at radius 2 is 2.07 bits per heavy atom. The van der Waals surface area contributed by atoms with Gasteiger partial charge in [-0.1, -0.05) is 44.7 Å². The van der Waals surface area contributed by atoms with Gasteiger partial charge in [-0.25, -0.2) is 4.99 Å². The minimum Gasteiger partial charge on any atom is -0.478 e. The third-order valence-electron chi connectivity index (χ3n) is 5.67. The van der Waals surface area contributed by atoms with Gasteiger partial charge in [-0.05, 0) is 25.3 Å². The molecule has 30 heavy (non-hydrogen) atoms. The van der Waals surface area contributed by atoms with Gasteiger partial charge in [-0.15, -0.1) is 0 Å². The predicted molar refractivity (Wildman–Crippen MR) is 117 cm³/mol. The second-order valence-electron chi connectivity index (χ2n) is 8.00. The number of aliphatic imine (C=N–C) groups is 1. The molecule has 4 N–H and O–H groups in total. The summed E-state index contributed by atoms with van der Waals surface area (Å²) < 4.78 is 6.17. The summed E-state index contributed by atoms with van der Waals surface area (Å²) >= 11 is 0. The van der Waals surface area contributed by atoms with Crippen LogP contribution in [0, 0.1) is 0 Å². The first-order valence-electron chi connectivity index (χ1n) is 10.9. The Kier molecular flexibility index (Phi) is 7.54. The zero-order valence-corrected chi connectivity index (χ0v) is 17.9. The van der Waals surface area contributed by atoms with Crippen LogP contribution in [0.3, 0.4) is 0 Å². The maximum Gasteiger partial charge on any atom is 0.261 e. The zero-order valence-electron chi connectivity index (χ0n) is 17.9. The van der Waals surface area contributed by atoms with E-state index in [1.54, 1.807) is 11.9 Å². The summed E-state index contributed by atoms with van der Waals surface area (Å²) in [6.45, 7) is 2.64. The molecule has 3 rings (SSSR count). The molecule has 8 nitrogen and oxygen atoms in total. The molecule has 0 radical (unpaired) electrons. The van der Waals surface area contributed by atoms with E-state index in [9.17, 15) is 9.59 Å². The van der Waals surface area contributed by atoms with Gasteiger partial charge in [0, 0.05) is 25.2 Å². The molecule has 2 aliphatic rings. The number of carbonyl (C=O) groups excluding carboxylic acids is 2. The molecule has 1 aliphatic heterocycles. The van der Waals surface area contributed by atoms with Gasteiger partial charge >= 0.3 is 0 Å². The van der Waals surface area contributed by atoms with Gasteiger partial charge in [0.1, 0.15) is 11.4 Å². The molecule has 1 aliphatic carbocycles. The van der Waals surface area contributed by atoms with E-state index in [-0.39, 0.29) is 30.4 Å². The lowest BCUT2D eigenvalue weighted by molar-refractivity contribution is -0.129. The van der Waals surface area contributed by atoms with Crippen molar-refractivity contribution < 1.29 is 14.3 Å². The molecule has 0 bridgehead atoms. The van der Waals surface area contributed by atoms with Crippen molar-refractivity contribution in [1.29, 1.82) is 0 Å². The molecule has 1 aromatic rings. The number of hydrogen-bond donors (Lipinski definition) is 3. The van der Waals surface area contributed by atoms with E-state index >= 15 is 0 Å². The molecular formula is C22H33N5O3. The Balaban J connectivity index is 1.74. The van der Waals surface area contributed by atoms with Crippen molar-refractivity contribution in [3.8, 4) is 5.75 Å². The van der Waals surface area contributed by atoms with Crippen molar-refractivity contribution in [2.75, 3.05) is 13.6 Å². The van der Waals surface area contributed by atoms with Gasteiger partial charge in [0.05, 0.1) is 6.54 Å². The number of para-hydroxylation sites is 1. The summed E-state index contributed by atoms with van der Waals surface area (Å²) in [6.07, 6.45) is 6.54. The van der Waals surface area contributed by atoms with Crippen LogP contribution in [0.25, 0.3) is 0 Å². The van der Waals surface area contributed by atoms with E-state index < -0.39 is 6.10 Å². The molecule has 8 heteroatoms. The highest BCUT2D eigenvalue weighted by Crippen LogP contribution is 2.36. The lowest BCUT2D eigenvalue weighted by atomic mass is 9.95. The normalized spacial score (nSPS) is 17.5. The third-order valence-corrected chi connectivity index (χ3v) is 5.67. The molecule has 0 saturated heterocycles. The van der Waals surface area contributed by atoms with Crippen molar-refractivity contribution in [3.63, 3.8) is 0 Å². The first-order chi connectivity index (χ1) is 14.5. The predicted octanol–water partition coefficient (Wildman–Crippen LogP) is 2.19. The topological polar surface area (TPSA) is 109 Å². The van der Waals surface area contributed by atoms with Crippen LogP contribution in [0.5, 0.6) is 5.75 Å². The first kappa shape index (κ1) is 21.9. The summed E-state index contributed by atoms with van der Waals surface area (Å²) in [5.41, 5.74) is 7.64. The maximum atomic E-state index is 12.9. The van der Waals surface area contributed by atoms with Crippen molar-refractivity contribution in [1.82, 2.24) is 15.5 Å². The van der Waals surface area contributed by atoms with E-state index in [0.29, 0.717) is 24.4 Å². The van der Waals surface area contributed by atoms with E-state index in [2.05, 4.69) is 15.6 Å². The minimum atomic E-state index is -0.566. The molecule has 1 aromatic carbocycles. The lowest BCUT2D eigenvalue weighted by Gasteiger charge is -2.29. The number of guanidine groups is 1. The largest absolute Gasteiger partial charge is 0.478 e. The molecule has 0 aromatic heterocycles. The van der Waals surface area contributed by atoms with Gasteiger partial charge in [0.25, 0.3) is 5.91 Å². The molecular weight excluding hydrogens is 382 g/mol. The van der Waals surface area contributed by atoms with Crippen LogP contribution in [0.2, 0.25) is 0 Å². The standard InChI is InChI=1S/C22H33N5O3/c1-3-8-18(21(29)25-16-10-5-4-6-11-16)30-17-12-7-9-15-13-27(14-19(28)24-2)22(23)26-20(15)17/h7,9,12,16,18H,3-6,8,10-11,13-14H2,1-2H3,(H2,23,26)(H,24,28)(H,25,29). The van der Waals surface area contributed by atoms with Crippen LogP contribution >= 0.6 is 0 Å². The number of rotatable bonds is 8. The SMILES string of the molecule is CCCC(Oc1cccc2c1N=C(N)N(CC(=O)NC)C2)C(=O)NC1CCCCC1. The number of carbonyl (C=O) groups is 2. The summed E-state index contributed by atoms with van der Waals surface area (Å²) in [4.78, 5) is 30.8.